The Morgan fingerprint density at radius 1 is 1.04 bits per heavy atom. The number of rotatable bonds is 8. The van der Waals surface area contributed by atoms with Crippen LogP contribution in [0.15, 0.2) is 48.5 Å². The van der Waals surface area contributed by atoms with Crippen LogP contribution in [0, 0.1) is 11.3 Å². The molecule has 0 radical (unpaired) electrons. The van der Waals surface area contributed by atoms with Gasteiger partial charge >= 0.3 is 0 Å². The van der Waals surface area contributed by atoms with Crippen LogP contribution in [0.1, 0.15) is 12.0 Å². The zero-order valence-corrected chi connectivity index (χ0v) is 13.8. The molecular formula is C18H17ClN2O3. The molecule has 0 spiro atoms. The van der Waals surface area contributed by atoms with Crippen LogP contribution < -0.4 is 14.8 Å². The lowest BCUT2D eigenvalue weighted by Crippen LogP contribution is -2.22. The van der Waals surface area contributed by atoms with E-state index in [1.165, 1.54) is 0 Å². The lowest BCUT2D eigenvalue weighted by molar-refractivity contribution is -0.120. The molecule has 0 atom stereocenters. The summed E-state index contributed by atoms with van der Waals surface area (Å²) in [6.07, 6.45) is -0.158. The first-order valence-electron chi connectivity index (χ1n) is 7.42. The van der Waals surface area contributed by atoms with E-state index in [-0.39, 0.29) is 12.3 Å². The molecule has 5 nitrogen and oxygen atoms in total. The van der Waals surface area contributed by atoms with E-state index in [4.69, 9.17) is 26.3 Å². The number of amides is 1. The third kappa shape index (κ3) is 5.49. The molecule has 2 rings (SSSR count). The molecule has 24 heavy (non-hydrogen) atoms. The Morgan fingerprint density at radius 3 is 2.38 bits per heavy atom. The Labute approximate surface area is 145 Å². The number of benzene rings is 2. The van der Waals surface area contributed by atoms with Crippen molar-refractivity contribution in [3.05, 3.63) is 59.1 Å². The molecule has 2 aromatic rings. The lowest BCUT2D eigenvalue weighted by Gasteiger charge is -2.13. The molecule has 0 aromatic heterocycles. The van der Waals surface area contributed by atoms with Gasteiger partial charge in [-0.3, -0.25) is 4.79 Å². The number of hydrogen-bond donors (Lipinski definition) is 1. The molecule has 124 valence electrons. The molecule has 0 aliphatic rings. The van der Waals surface area contributed by atoms with Crippen molar-refractivity contribution in [2.24, 2.45) is 0 Å². The minimum Gasteiger partial charge on any atom is -0.490 e. The summed E-state index contributed by atoms with van der Waals surface area (Å²) in [5.41, 5.74) is 0.835. The zero-order valence-electron chi connectivity index (χ0n) is 13.0. The van der Waals surface area contributed by atoms with Crippen molar-refractivity contribution in [2.45, 2.75) is 13.0 Å². The summed E-state index contributed by atoms with van der Waals surface area (Å²) in [6.45, 7) is 0.995. The van der Waals surface area contributed by atoms with Crippen molar-refractivity contribution >= 4 is 17.5 Å². The van der Waals surface area contributed by atoms with Gasteiger partial charge in [0.1, 0.15) is 31.1 Å². The first kappa shape index (κ1) is 17.6. The molecule has 0 fully saturated rings. The summed E-state index contributed by atoms with van der Waals surface area (Å²) in [6, 6.07) is 16.4. The highest BCUT2D eigenvalue weighted by atomic mass is 35.5. The summed E-state index contributed by atoms with van der Waals surface area (Å²) < 4.78 is 11.3. The van der Waals surface area contributed by atoms with Gasteiger partial charge in [-0.1, -0.05) is 41.9 Å². The fourth-order valence-electron chi connectivity index (χ4n) is 1.98. The Hall–Kier alpha value is -2.71. The van der Waals surface area contributed by atoms with E-state index < -0.39 is 0 Å². The van der Waals surface area contributed by atoms with Gasteiger partial charge in [0.05, 0.1) is 11.1 Å². The molecular weight excluding hydrogens is 328 g/mol. The summed E-state index contributed by atoms with van der Waals surface area (Å²) in [4.78, 5) is 11.4. The maximum absolute atomic E-state index is 11.4. The summed E-state index contributed by atoms with van der Waals surface area (Å²) >= 11 is 6.01. The van der Waals surface area contributed by atoms with E-state index in [0.29, 0.717) is 36.3 Å². The van der Waals surface area contributed by atoms with Gasteiger partial charge in [0, 0.05) is 12.1 Å². The first-order valence-corrected chi connectivity index (χ1v) is 7.80. The minimum atomic E-state index is -0.311. The molecule has 0 bridgehead atoms. The van der Waals surface area contributed by atoms with Gasteiger partial charge < -0.3 is 14.8 Å². The van der Waals surface area contributed by atoms with Crippen LogP contribution in [0.2, 0.25) is 5.02 Å². The molecule has 1 N–H and O–H groups in total. The van der Waals surface area contributed by atoms with E-state index in [9.17, 15) is 4.79 Å². The topological polar surface area (TPSA) is 71.4 Å². The maximum Gasteiger partial charge on any atom is 0.234 e. The van der Waals surface area contributed by atoms with Crippen LogP contribution in [0.5, 0.6) is 11.5 Å². The van der Waals surface area contributed by atoms with Crippen LogP contribution in [0.25, 0.3) is 0 Å². The van der Waals surface area contributed by atoms with Crippen LogP contribution >= 0.6 is 11.6 Å². The monoisotopic (exact) mass is 344 g/mol. The smallest absolute Gasteiger partial charge is 0.234 e. The second-order valence-electron chi connectivity index (χ2n) is 4.85. The van der Waals surface area contributed by atoms with Gasteiger partial charge in [-0.15, -0.1) is 0 Å². The Balaban J connectivity index is 1.83. The van der Waals surface area contributed by atoms with Crippen LogP contribution in [0.3, 0.4) is 0 Å². The standard InChI is InChI=1S/C18H17ClN2O3/c19-15-6-2-4-8-17(15)24-12-11-23-16-7-3-1-5-14(16)13-21-18(22)9-10-20/h1-8H,9,11-13H2,(H,21,22). The minimum absolute atomic E-state index is 0.158. The molecule has 1 amide bonds. The van der Waals surface area contributed by atoms with Crippen molar-refractivity contribution in [1.29, 1.82) is 5.26 Å². The number of para-hydroxylation sites is 2. The highest BCUT2D eigenvalue weighted by molar-refractivity contribution is 6.32. The van der Waals surface area contributed by atoms with Crippen molar-refractivity contribution in [2.75, 3.05) is 13.2 Å². The summed E-state index contributed by atoms with van der Waals surface area (Å²) in [5, 5.41) is 11.7. The quantitative estimate of drug-likeness (QED) is 0.746. The maximum atomic E-state index is 11.4. The molecule has 0 unspecified atom stereocenters. The predicted molar refractivity (Wildman–Crippen MR) is 91.0 cm³/mol. The molecule has 0 saturated carbocycles. The van der Waals surface area contributed by atoms with Gasteiger partial charge in [-0.25, -0.2) is 0 Å². The van der Waals surface area contributed by atoms with E-state index in [1.807, 2.05) is 42.5 Å². The fourth-order valence-corrected chi connectivity index (χ4v) is 2.17. The zero-order chi connectivity index (χ0) is 17.2. The number of carbonyl (C=O) groups excluding carboxylic acids is 1. The van der Waals surface area contributed by atoms with Crippen molar-refractivity contribution in [1.82, 2.24) is 5.32 Å². The van der Waals surface area contributed by atoms with Crippen LogP contribution in [0.4, 0.5) is 0 Å². The predicted octanol–water partition coefficient (Wildman–Crippen LogP) is 3.33. The number of nitrogens with zero attached hydrogens (tertiary/aromatic N) is 1. The van der Waals surface area contributed by atoms with Gasteiger partial charge in [0.2, 0.25) is 5.91 Å². The molecule has 0 aliphatic heterocycles. The van der Waals surface area contributed by atoms with Gasteiger partial charge in [0.15, 0.2) is 0 Å². The average molecular weight is 345 g/mol. The Bertz CT molecular complexity index is 728. The number of halogens is 1. The number of nitrogens with one attached hydrogen (secondary N) is 1. The second kappa shape index (κ2) is 9.43. The Kier molecular flexibility index (Phi) is 6.93. The van der Waals surface area contributed by atoms with E-state index in [2.05, 4.69) is 5.32 Å². The summed E-state index contributed by atoms with van der Waals surface area (Å²) in [5.74, 6) is 0.965. The van der Waals surface area contributed by atoms with Crippen LogP contribution in [-0.2, 0) is 11.3 Å². The largest absolute Gasteiger partial charge is 0.490 e. The van der Waals surface area contributed by atoms with E-state index in [1.54, 1.807) is 12.1 Å². The number of hydrogen-bond acceptors (Lipinski definition) is 4. The average Bonchev–Trinajstić information content (AvgIpc) is 2.59. The molecule has 2 aromatic carbocycles. The molecule has 0 saturated heterocycles. The number of ether oxygens (including phenoxy) is 2. The molecule has 6 heteroatoms. The lowest BCUT2D eigenvalue weighted by atomic mass is 10.2. The van der Waals surface area contributed by atoms with E-state index >= 15 is 0 Å². The highest BCUT2D eigenvalue weighted by Gasteiger charge is 2.06. The molecule has 0 heterocycles. The first-order chi connectivity index (χ1) is 11.7. The van der Waals surface area contributed by atoms with Gasteiger partial charge in [-0.2, -0.15) is 5.26 Å². The highest BCUT2D eigenvalue weighted by Crippen LogP contribution is 2.23. The second-order valence-corrected chi connectivity index (χ2v) is 5.25. The Morgan fingerprint density at radius 2 is 1.67 bits per heavy atom. The summed E-state index contributed by atoms with van der Waals surface area (Å²) in [7, 11) is 0. The van der Waals surface area contributed by atoms with Crippen LogP contribution in [-0.4, -0.2) is 19.1 Å². The fraction of sp³-hybridized carbons (Fsp3) is 0.222. The SMILES string of the molecule is N#CCC(=O)NCc1ccccc1OCCOc1ccccc1Cl. The molecule has 0 aliphatic carbocycles. The van der Waals surface area contributed by atoms with Crippen molar-refractivity contribution < 1.29 is 14.3 Å². The van der Waals surface area contributed by atoms with Gasteiger partial charge in [-0.05, 0) is 18.2 Å². The van der Waals surface area contributed by atoms with E-state index in [0.717, 1.165) is 5.56 Å². The number of nitriles is 1. The number of carbonyl (C=O) groups is 1. The van der Waals surface area contributed by atoms with Crippen molar-refractivity contribution in [3.8, 4) is 17.6 Å². The normalized spacial score (nSPS) is 9.83. The van der Waals surface area contributed by atoms with Gasteiger partial charge in [0.25, 0.3) is 0 Å². The van der Waals surface area contributed by atoms with Crippen molar-refractivity contribution in [3.63, 3.8) is 0 Å². The third-order valence-corrected chi connectivity index (χ3v) is 3.44. The third-order valence-electron chi connectivity index (χ3n) is 3.12.